The summed E-state index contributed by atoms with van der Waals surface area (Å²) in [6, 6.07) is 17.6. The molecule has 2 N–H and O–H groups in total. The average molecular weight is 472 g/mol. The van der Waals surface area contributed by atoms with E-state index in [0.717, 1.165) is 29.1 Å². The number of carbonyl (C=O) groups is 1. The lowest BCUT2D eigenvalue weighted by molar-refractivity contribution is 0.0695. The Balaban J connectivity index is 1.32. The van der Waals surface area contributed by atoms with Crippen molar-refractivity contribution in [3.63, 3.8) is 0 Å². The normalized spacial score (nSPS) is 13.6. The van der Waals surface area contributed by atoms with Gasteiger partial charge in [-0.15, -0.1) is 0 Å². The van der Waals surface area contributed by atoms with Gasteiger partial charge in [-0.3, -0.25) is 0 Å². The summed E-state index contributed by atoms with van der Waals surface area (Å²) in [4.78, 5) is 19.1. The summed E-state index contributed by atoms with van der Waals surface area (Å²) < 4.78 is 8.15. The molecule has 0 bridgehead atoms. The number of aromatic carboxylic acids is 1. The molecular weight excluding hydrogens is 450 g/mol. The van der Waals surface area contributed by atoms with Crippen LogP contribution in [0.1, 0.15) is 28.8 Å². The number of aryl methyl sites for hydroxylation is 1. The van der Waals surface area contributed by atoms with E-state index in [2.05, 4.69) is 45.0 Å². The van der Waals surface area contributed by atoms with Crippen LogP contribution in [-0.4, -0.2) is 25.6 Å². The quantitative estimate of drug-likeness (QED) is 0.278. The zero-order valence-electron chi connectivity index (χ0n) is 18.5. The van der Waals surface area contributed by atoms with Gasteiger partial charge in [0.1, 0.15) is 5.75 Å². The Morgan fingerprint density at radius 1 is 1.18 bits per heavy atom. The van der Waals surface area contributed by atoms with Crippen molar-refractivity contribution in [2.75, 3.05) is 0 Å². The van der Waals surface area contributed by atoms with Gasteiger partial charge in [0.2, 0.25) is 0 Å². The molecule has 1 aliphatic rings. The first kappa shape index (κ1) is 20.8. The Kier molecular flexibility index (Phi) is 4.85. The largest absolute Gasteiger partial charge is 0.478 e. The van der Waals surface area contributed by atoms with Crippen molar-refractivity contribution in [2.24, 2.45) is 5.92 Å². The molecule has 170 valence electrons. The Bertz CT molecular complexity index is 1580. The Labute approximate surface area is 200 Å². The van der Waals surface area contributed by atoms with Crippen LogP contribution in [-0.2, 0) is 6.54 Å². The van der Waals surface area contributed by atoms with Crippen LogP contribution in [0.4, 0.5) is 0 Å². The molecule has 34 heavy (non-hydrogen) atoms. The zero-order valence-corrected chi connectivity index (χ0v) is 19.3. The van der Waals surface area contributed by atoms with Crippen molar-refractivity contribution in [3.05, 3.63) is 76.9 Å². The number of fused-ring (bicyclic) bond motifs is 2. The average Bonchev–Trinajstić information content (AvgIpc) is 3.42. The second-order valence-electron chi connectivity index (χ2n) is 8.96. The van der Waals surface area contributed by atoms with Crippen LogP contribution < -0.4 is 4.74 Å². The van der Waals surface area contributed by atoms with Gasteiger partial charge in [-0.25, -0.2) is 4.79 Å². The third-order valence-electron chi connectivity index (χ3n) is 6.44. The van der Waals surface area contributed by atoms with E-state index in [1.54, 1.807) is 19.1 Å². The first-order valence-corrected chi connectivity index (χ1v) is 11.6. The number of ether oxygens (including phenoxy) is 1. The van der Waals surface area contributed by atoms with Gasteiger partial charge in [0.05, 0.1) is 21.6 Å². The predicted molar refractivity (Wildman–Crippen MR) is 133 cm³/mol. The van der Waals surface area contributed by atoms with Crippen LogP contribution in [0.15, 0.2) is 60.8 Å². The van der Waals surface area contributed by atoms with Gasteiger partial charge in [0.25, 0.3) is 6.01 Å². The minimum atomic E-state index is -0.996. The number of nitrogens with zero attached hydrogens (tertiary/aromatic N) is 2. The van der Waals surface area contributed by atoms with E-state index in [4.69, 9.17) is 16.3 Å². The second-order valence-corrected chi connectivity index (χ2v) is 9.37. The number of H-pyrrole nitrogens is 1. The van der Waals surface area contributed by atoms with E-state index < -0.39 is 5.97 Å². The predicted octanol–water partition coefficient (Wildman–Crippen LogP) is 7.05. The fourth-order valence-corrected chi connectivity index (χ4v) is 4.66. The van der Waals surface area contributed by atoms with Crippen LogP contribution in [0.2, 0.25) is 5.02 Å². The first-order chi connectivity index (χ1) is 16.4. The minimum absolute atomic E-state index is 0.195. The molecule has 0 unspecified atom stereocenters. The molecule has 0 spiro atoms. The zero-order chi connectivity index (χ0) is 23.4. The Hall–Kier alpha value is -3.77. The van der Waals surface area contributed by atoms with Gasteiger partial charge < -0.3 is 19.4 Å². The fourth-order valence-electron chi connectivity index (χ4n) is 4.39. The third-order valence-corrected chi connectivity index (χ3v) is 6.75. The molecule has 2 aromatic heterocycles. The van der Waals surface area contributed by atoms with Crippen LogP contribution in [0.5, 0.6) is 11.8 Å². The standard InChI is InChI=1S/C27H22ClN3O3/c1-15-2-6-19(11-20(15)26(32)33)34-27-29-23-12-21(22(28)13-24(23)30-27)17-5-7-25-18(10-17)8-9-31(25)14-16-3-4-16/h2,5-13,16H,3-4,14H2,1H3,(H,29,30)(H,32,33). The number of halogens is 1. The maximum absolute atomic E-state index is 11.4. The third kappa shape index (κ3) is 3.80. The lowest BCUT2D eigenvalue weighted by Gasteiger charge is -2.07. The molecule has 3 aromatic carbocycles. The number of aromatic amines is 1. The second kappa shape index (κ2) is 7.92. The van der Waals surface area contributed by atoms with E-state index in [1.807, 2.05) is 12.1 Å². The number of carboxylic acid groups (broad SMARTS) is 1. The van der Waals surface area contributed by atoms with Crippen LogP contribution in [0.25, 0.3) is 33.1 Å². The minimum Gasteiger partial charge on any atom is -0.478 e. The molecule has 1 aliphatic carbocycles. The first-order valence-electron chi connectivity index (χ1n) is 11.2. The summed E-state index contributed by atoms with van der Waals surface area (Å²) in [5, 5.41) is 11.2. The topological polar surface area (TPSA) is 80.1 Å². The number of nitrogens with one attached hydrogen (secondary N) is 1. The molecule has 6 nitrogen and oxygen atoms in total. The molecule has 0 atom stereocenters. The molecule has 0 amide bonds. The van der Waals surface area contributed by atoms with Crippen LogP contribution >= 0.6 is 11.6 Å². The number of hydrogen-bond donors (Lipinski definition) is 2. The summed E-state index contributed by atoms with van der Waals surface area (Å²) in [6.07, 6.45) is 4.82. The van der Waals surface area contributed by atoms with Crippen molar-refractivity contribution in [3.8, 4) is 22.9 Å². The number of aromatic nitrogens is 3. The monoisotopic (exact) mass is 471 g/mol. The van der Waals surface area contributed by atoms with E-state index in [1.165, 1.54) is 29.8 Å². The van der Waals surface area contributed by atoms with Crippen molar-refractivity contribution in [1.82, 2.24) is 14.5 Å². The van der Waals surface area contributed by atoms with Gasteiger partial charge in [0, 0.05) is 29.2 Å². The summed E-state index contributed by atoms with van der Waals surface area (Å²) in [5.41, 5.74) is 5.48. The van der Waals surface area contributed by atoms with Gasteiger partial charge in [-0.1, -0.05) is 23.7 Å². The van der Waals surface area contributed by atoms with Crippen molar-refractivity contribution < 1.29 is 14.6 Å². The van der Waals surface area contributed by atoms with Gasteiger partial charge in [-0.2, -0.15) is 4.98 Å². The highest BCUT2D eigenvalue weighted by Crippen LogP contribution is 2.36. The van der Waals surface area contributed by atoms with Crippen LogP contribution in [0.3, 0.4) is 0 Å². The highest BCUT2D eigenvalue weighted by Gasteiger charge is 2.22. The lowest BCUT2D eigenvalue weighted by Crippen LogP contribution is -2.00. The van der Waals surface area contributed by atoms with Crippen LogP contribution in [0, 0.1) is 12.8 Å². The molecular formula is C27H22ClN3O3. The molecule has 0 aliphatic heterocycles. The maximum atomic E-state index is 11.4. The lowest BCUT2D eigenvalue weighted by atomic mass is 10.0. The molecule has 1 fully saturated rings. The fraction of sp³-hybridized carbons (Fsp3) is 0.185. The molecule has 0 saturated heterocycles. The van der Waals surface area contributed by atoms with E-state index in [0.29, 0.717) is 21.9 Å². The van der Waals surface area contributed by atoms with E-state index >= 15 is 0 Å². The number of imidazole rings is 1. The molecule has 2 heterocycles. The highest BCUT2D eigenvalue weighted by atomic mass is 35.5. The summed E-state index contributed by atoms with van der Waals surface area (Å²) in [5.74, 6) is 0.220. The number of rotatable bonds is 6. The molecule has 5 aromatic rings. The van der Waals surface area contributed by atoms with Gasteiger partial charge in [-0.05, 0) is 79.3 Å². The SMILES string of the molecule is Cc1ccc(Oc2nc3cc(-c4ccc5c(ccn5CC5CC5)c4)c(Cl)cc3[nH]2)cc1C(=O)O. The summed E-state index contributed by atoms with van der Waals surface area (Å²) in [6.45, 7) is 2.83. The van der Waals surface area contributed by atoms with Crippen molar-refractivity contribution >= 4 is 39.5 Å². The van der Waals surface area contributed by atoms with E-state index in [-0.39, 0.29) is 11.6 Å². The molecule has 7 heteroatoms. The Morgan fingerprint density at radius 3 is 2.82 bits per heavy atom. The highest BCUT2D eigenvalue weighted by molar-refractivity contribution is 6.34. The number of hydrogen-bond acceptors (Lipinski definition) is 3. The van der Waals surface area contributed by atoms with Gasteiger partial charge >= 0.3 is 5.97 Å². The summed E-state index contributed by atoms with van der Waals surface area (Å²) in [7, 11) is 0. The molecule has 1 saturated carbocycles. The summed E-state index contributed by atoms with van der Waals surface area (Å²) >= 11 is 6.65. The van der Waals surface area contributed by atoms with E-state index in [9.17, 15) is 9.90 Å². The van der Waals surface area contributed by atoms with Crippen molar-refractivity contribution in [1.29, 1.82) is 0 Å². The Morgan fingerprint density at radius 2 is 2.03 bits per heavy atom. The van der Waals surface area contributed by atoms with Gasteiger partial charge in [0.15, 0.2) is 0 Å². The smallest absolute Gasteiger partial charge is 0.336 e. The molecule has 0 radical (unpaired) electrons. The maximum Gasteiger partial charge on any atom is 0.336 e. The number of carboxylic acids is 1. The number of benzene rings is 3. The van der Waals surface area contributed by atoms with Crippen molar-refractivity contribution in [2.45, 2.75) is 26.3 Å². The molecule has 6 rings (SSSR count).